The second-order valence-electron chi connectivity index (χ2n) is 6.47. The Hall–Kier alpha value is -2.70. The summed E-state index contributed by atoms with van der Waals surface area (Å²) < 4.78 is 26.9. The topological polar surface area (TPSA) is 48.5 Å². The van der Waals surface area contributed by atoms with Crippen LogP contribution in [0.2, 0.25) is 0 Å². The van der Waals surface area contributed by atoms with Crippen LogP contribution in [-0.2, 0) is 0 Å². The van der Waals surface area contributed by atoms with E-state index in [0.717, 1.165) is 30.4 Å². The highest BCUT2D eigenvalue weighted by molar-refractivity contribution is 5.75. The fourth-order valence-electron chi connectivity index (χ4n) is 3.18. The van der Waals surface area contributed by atoms with Gasteiger partial charge in [-0.1, -0.05) is 6.07 Å². The van der Waals surface area contributed by atoms with Crippen molar-refractivity contribution in [2.45, 2.75) is 19.9 Å². The number of pyridine rings is 1. The first-order chi connectivity index (χ1) is 12.5. The fourth-order valence-corrected chi connectivity index (χ4v) is 3.18. The predicted molar refractivity (Wildman–Crippen MR) is 96.1 cm³/mol. The smallest absolute Gasteiger partial charge is 0.317 e. The van der Waals surface area contributed by atoms with Crippen LogP contribution in [0.4, 0.5) is 19.3 Å². The molecule has 0 saturated carbocycles. The van der Waals surface area contributed by atoms with E-state index in [-0.39, 0.29) is 11.6 Å². The number of carbonyl (C=O) groups excluding carboxylic acids is 1. The largest absolute Gasteiger partial charge is 0.368 e. The van der Waals surface area contributed by atoms with E-state index in [1.54, 1.807) is 18.0 Å². The van der Waals surface area contributed by atoms with Crippen molar-refractivity contribution in [3.8, 4) is 0 Å². The summed E-state index contributed by atoms with van der Waals surface area (Å²) in [5, 5.41) is 2.79. The number of nitrogens with one attached hydrogen (secondary N) is 1. The van der Waals surface area contributed by atoms with Gasteiger partial charge in [0.15, 0.2) is 0 Å². The van der Waals surface area contributed by atoms with Gasteiger partial charge in [-0.2, -0.15) is 0 Å². The van der Waals surface area contributed by atoms with Crippen molar-refractivity contribution in [3.63, 3.8) is 0 Å². The number of piperazine rings is 1. The molecule has 0 aliphatic carbocycles. The van der Waals surface area contributed by atoms with Gasteiger partial charge in [-0.25, -0.2) is 13.6 Å². The molecule has 138 valence electrons. The van der Waals surface area contributed by atoms with E-state index < -0.39 is 17.7 Å². The quantitative estimate of drug-likeness (QED) is 0.914. The van der Waals surface area contributed by atoms with Crippen LogP contribution in [0.25, 0.3) is 0 Å². The summed E-state index contributed by atoms with van der Waals surface area (Å²) in [6, 6.07) is 4.57. The molecule has 3 rings (SSSR count). The van der Waals surface area contributed by atoms with Gasteiger partial charge in [0.05, 0.1) is 6.04 Å². The Kier molecular flexibility index (Phi) is 5.35. The third-order valence-corrected chi connectivity index (χ3v) is 4.67. The van der Waals surface area contributed by atoms with Gasteiger partial charge in [0.2, 0.25) is 0 Å². The summed E-state index contributed by atoms with van der Waals surface area (Å²) in [7, 11) is 0. The van der Waals surface area contributed by atoms with Crippen LogP contribution in [0.5, 0.6) is 0 Å². The molecule has 1 saturated heterocycles. The molecular weight excluding hydrogens is 338 g/mol. The van der Waals surface area contributed by atoms with Crippen molar-refractivity contribution in [3.05, 3.63) is 59.4 Å². The van der Waals surface area contributed by atoms with Gasteiger partial charge in [0, 0.05) is 55.9 Å². The zero-order valence-electron chi connectivity index (χ0n) is 14.9. The number of rotatable bonds is 3. The number of nitrogens with zero attached hydrogens (tertiary/aromatic N) is 3. The number of carbonyl (C=O) groups is 1. The molecule has 1 N–H and O–H groups in total. The molecule has 0 radical (unpaired) electrons. The van der Waals surface area contributed by atoms with Crippen LogP contribution in [0.15, 0.2) is 36.7 Å². The van der Waals surface area contributed by atoms with Gasteiger partial charge in [-0.15, -0.1) is 0 Å². The number of aromatic nitrogens is 1. The van der Waals surface area contributed by atoms with Crippen LogP contribution >= 0.6 is 0 Å². The Bertz CT molecular complexity index is 791. The Morgan fingerprint density at radius 3 is 2.58 bits per heavy atom. The van der Waals surface area contributed by atoms with Gasteiger partial charge < -0.3 is 15.1 Å². The normalized spacial score (nSPS) is 15.7. The molecule has 1 fully saturated rings. The third-order valence-electron chi connectivity index (χ3n) is 4.67. The standard InChI is InChI=1S/C19H22F2N4O/c1-13-12-22-6-5-18(13)24-7-9-25(10-8-24)19(26)23-14(2)16-4-3-15(20)11-17(16)21/h3-6,11-12,14H,7-10H2,1-2H3,(H,23,26)/t14-/m0/s1. The van der Waals surface area contributed by atoms with Gasteiger partial charge >= 0.3 is 6.03 Å². The van der Waals surface area contributed by atoms with E-state index in [1.165, 1.54) is 12.1 Å². The summed E-state index contributed by atoms with van der Waals surface area (Å²) in [6.07, 6.45) is 3.59. The lowest BCUT2D eigenvalue weighted by Gasteiger charge is -2.37. The lowest BCUT2D eigenvalue weighted by molar-refractivity contribution is 0.191. The van der Waals surface area contributed by atoms with Crippen molar-refractivity contribution < 1.29 is 13.6 Å². The first kappa shape index (κ1) is 18.1. The second kappa shape index (κ2) is 7.68. The molecule has 0 spiro atoms. The molecule has 2 amide bonds. The zero-order valence-corrected chi connectivity index (χ0v) is 14.9. The van der Waals surface area contributed by atoms with E-state index in [0.29, 0.717) is 13.1 Å². The number of halogens is 2. The summed E-state index contributed by atoms with van der Waals surface area (Å²) in [6.45, 7) is 6.29. The first-order valence-corrected chi connectivity index (χ1v) is 8.61. The second-order valence-corrected chi connectivity index (χ2v) is 6.47. The summed E-state index contributed by atoms with van der Waals surface area (Å²) in [5.41, 5.74) is 2.50. The maximum atomic E-state index is 13.9. The lowest BCUT2D eigenvalue weighted by atomic mass is 10.1. The van der Waals surface area contributed by atoms with Crippen molar-refractivity contribution in [2.75, 3.05) is 31.1 Å². The third kappa shape index (κ3) is 3.92. The van der Waals surface area contributed by atoms with Crippen LogP contribution < -0.4 is 10.2 Å². The van der Waals surface area contributed by atoms with Gasteiger partial charge in [-0.05, 0) is 31.5 Å². The molecule has 2 heterocycles. The molecule has 2 aromatic rings. The van der Waals surface area contributed by atoms with Crippen LogP contribution in [0.1, 0.15) is 24.1 Å². The van der Waals surface area contributed by atoms with Crippen LogP contribution in [0, 0.1) is 18.6 Å². The van der Waals surface area contributed by atoms with E-state index >= 15 is 0 Å². The maximum Gasteiger partial charge on any atom is 0.317 e. The average molecular weight is 360 g/mol. The highest BCUT2D eigenvalue weighted by atomic mass is 19.1. The average Bonchev–Trinajstić information content (AvgIpc) is 2.62. The first-order valence-electron chi connectivity index (χ1n) is 8.61. The molecule has 7 heteroatoms. The molecule has 5 nitrogen and oxygen atoms in total. The van der Waals surface area contributed by atoms with Gasteiger partial charge in [-0.3, -0.25) is 4.98 Å². The predicted octanol–water partition coefficient (Wildman–Crippen LogP) is 3.26. The minimum absolute atomic E-state index is 0.243. The van der Waals surface area contributed by atoms with Gasteiger partial charge in [0.1, 0.15) is 11.6 Å². The van der Waals surface area contributed by atoms with E-state index in [4.69, 9.17) is 0 Å². The number of anilines is 1. The van der Waals surface area contributed by atoms with Gasteiger partial charge in [0.25, 0.3) is 0 Å². The Balaban J connectivity index is 1.57. The number of benzene rings is 1. The SMILES string of the molecule is Cc1cnccc1N1CCN(C(=O)N[C@@H](C)c2ccc(F)cc2F)CC1. The van der Waals surface area contributed by atoms with E-state index in [1.807, 2.05) is 19.2 Å². The summed E-state index contributed by atoms with van der Waals surface area (Å²) in [4.78, 5) is 20.5. The fraction of sp³-hybridized carbons (Fsp3) is 0.368. The van der Waals surface area contributed by atoms with Crippen LogP contribution in [-0.4, -0.2) is 42.1 Å². The summed E-state index contributed by atoms with van der Waals surface area (Å²) >= 11 is 0. The van der Waals surface area contributed by atoms with E-state index in [2.05, 4.69) is 15.2 Å². The molecule has 0 unspecified atom stereocenters. The Morgan fingerprint density at radius 1 is 1.19 bits per heavy atom. The molecule has 1 aliphatic rings. The highest BCUT2D eigenvalue weighted by Crippen LogP contribution is 2.21. The Morgan fingerprint density at radius 2 is 1.92 bits per heavy atom. The van der Waals surface area contributed by atoms with Crippen molar-refractivity contribution in [2.24, 2.45) is 0 Å². The van der Waals surface area contributed by atoms with Crippen molar-refractivity contribution in [1.29, 1.82) is 0 Å². The molecule has 1 aliphatic heterocycles. The number of amides is 2. The molecule has 1 aromatic carbocycles. The van der Waals surface area contributed by atoms with Crippen LogP contribution in [0.3, 0.4) is 0 Å². The number of hydrogen-bond acceptors (Lipinski definition) is 3. The summed E-state index contributed by atoms with van der Waals surface area (Å²) in [5.74, 6) is -1.29. The van der Waals surface area contributed by atoms with Crippen molar-refractivity contribution in [1.82, 2.24) is 15.2 Å². The Labute approximate surface area is 151 Å². The molecule has 26 heavy (non-hydrogen) atoms. The number of hydrogen-bond donors (Lipinski definition) is 1. The monoisotopic (exact) mass is 360 g/mol. The van der Waals surface area contributed by atoms with E-state index in [9.17, 15) is 13.6 Å². The maximum absolute atomic E-state index is 13.9. The lowest BCUT2D eigenvalue weighted by Crippen LogP contribution is -2.52. The zero-order chi connectivity index (χ0) is 18.7. The minimum atomic E-state index is -0.657. The molecule has 1 atom stereocenters. The minimum Gasteiger partial charge on any atom is -0.368 e. The number of aryl methyl sites for hydroxylation is 1. The molecular formula is C19H22F2N4O. The molecule has 1 aromatic heterocycles. The molecule has 0 bridgehead atoms. The van der Waals surface area contributed by atoms with Crippen molar-refractivity contribution >= 4 is 11.7 Å². The highest BCUT2D eigenvalue weighted by Gasteiger charge is 2.24. The number of urea groups is 1.